The molecule has 0 aliphatic heterocycles. The molecule has 0 atom stereocenters. The van der Waals surface area contributed by atoms with Gasteiger partial charge in [-0.1, -0.05) is 35.4 Å². The second-order valence-corrected chi connectivity index (χ2v) is 3.47. The van der Waals surface area contributed by atoms with Crippen LogP contribution in [0.1, 0.15) is 0 Å². The summed E-state index contributed by atoms with van der Waals surface area (Å²) in [6.45, 7) is 0. The van der Waals surface area contributed by atoms with Crippen molar-refractivity contribution in [1.29, 1.82) is 0 Å². The molecule has 17 heavy (non-hydrogen) atoms. The first kappa shape index (κ1) is 11.0. The van der Waals surface area contributed by atoms with E-state index in [2.05, 4.69) is 10.0 Å². The number of rotatable bonds is 3. The quantitative estimate of drug-likeness (QED) is 0.436. The second kappa shape index (κ2) is 5.05. The molecular weight excluding hydrogens is 214 g/mol. The third kappa shape index (κ3) is 2.56. The maximum atomic E-state index is 8.39. The van der Waals surface area contributed by atoms with Gasteiger partial charge < -0.3 is 4.74 Å². The molecule has 4 nitrogen and oxygen atoms in total. The Labute approximate surface area is 99.1 Å². The van der Waals surface area contributed by atoms with E-state index in [1.54, 1.807) is 13.2 Å². The van der Waals surface area contributed by atoms with Gasteiger partial charge in [-0.05, 0) is 34.9 Å². The normalized spacial score (nSPS) is 9.47. The Morgan fingerprint density at radius 1 is 1.06 bits per heavy atom. The van der Waals surface area contributed by atoms with Gasteiger partial charge in [0.2, 0.25) is 0 Å². The van der Waals surface area contributed by atoms with Crippen molar-refractivity contribution in [2.24, 2.45) is 5.11 Å². The number of hydrogen-bond donors (Lipinski definition) is 0. The van der Waals surface area contributed by atoms with Gasteiger partial charge in [-0.15, -0.1) is 0 Å². The molecule has 2 aromatic carbocycles. The van der Waals surface area contributed by atoms with E-state index in [9.17, 15) is 0 Å². The van der Waals surface area contributed by atoms with Crippen LogP contribution in [-0.2, 0) is 0 Å². The first-order valence-corrected chi connectivity index (χ1v) is 5.13. The van der Waals surface area contributed by atoms with E-state index in [1.807, 2.05) is 42.5 Å². The molecule has 0 saturated carbocycles. The number of ether oxygens (including phenoxy) is 1. The van der Waals surface area contributed by atoms with Gasteiger partial charge >= 0.3 is 0 Å². The van der Waals surface area contributed by atoms with Crippen LogP contribution in [0.15, 0.2) is 53.6 Å². The van der Waals surface area contributed by atoms with Crippen molar-refractivity contribution in [3.63, 3.8) is 0 Å². The Balaban J connectivity index is 2.38. The molecule has 84 valence electrons. The molecule has 0 amide bonds. The van der Waals surface area contributed by atoms with Gasteiger partial charge in [0.25, 0.3) is 0 Å². The highest BCUT2D eigenvalue weighted by atomic mass is 16.5. The van der Waals surface area contributed by atoms with E-state index in [0.29, 0.717) is 5.69 Å². The summed E-state index contributed by atoms with van der Waals surface area (Å²) in [6, 6.07) is 15.2. The summed E-state index contributed by atoms with van der Waals surface area (Å²) in [4.78, 5) is 2.77. The van der Waals surface area contributed by atoms with Crippen LogP contribution in [0.25, 0.3) is 21.6 Å². The van der Waals surface area contributed by atoms with Crippen LogP contribution in [0.2, 0.25) is 0 Å². The summed E-state index contributed by atoms with van der Waals surface area (Å²) in [6.07, 6.45) is 0. The van der Waals surface area contributed by atoms with E-state index in [-0.39, 0.29) is 0 Å². The van der Waals surface area contributed by atoms with Gasteiger partial charge in [0.1, 0.15) is 5.75 Å². The Kier molecular flexibility index (Phi) is 3.28. The highest BCUT2D eigenvalue weighted by Crippen LogP contribution is 2.25. The average molecular weight is 225 g/mol. The third-order valence-electron chi connectivity index (χ3n) is 2.43. The van der Waals surface area contributed by atoms with Gasteiger partial charge in [0, 0.05) is 10.6 Å². The zero-order chi connectivity index (χ0) is 12.1. The number of azide groups is 1. The maximum Gasteiger partial charge on any atom is 0.118 e. The number of benzene rings is 2. The minimum Gasteiger partial charge on any atom is -0.497 e. The molecule has 0 aliphatic rings. The van der Waals surface area contributed by atoms with Crippen molar-refractivity contribution in [3.8, 4) is 16.9 Å². The highest BCUT2D eigenvalue weighted by Gasteiger charge is 1.98. The first-order valence-electron chi connectivity index (χ1n) is 5.13. The zero-order valence-electron chi connectivity index (χ0n) is 9.37. The van der Waals surface area contributed by atoms with Gasteiger partial charge in [0.05, 0.1) is 7.11 Å². The predicted octanol–water partition coefficient (Wildman–Crippen LogP) is 4.30. The maximum absolute atomic E-state index is 8.39. The van der Waals surface area contributed by atoms with E-state index in [0.717, 1.165) is 16.9 Å². The summed E-state index contributed by atoms with van der Waals surface area (Å²) in [5.74, 6) is 0.819. The lowest BCUT2D eigenvalue weighted by Gasteiger charge is -2.04. The van der Waals surface area contributed by atoms with Crippen molar-refractivity contribution < 1.29 is 4.74 Å². The lowest BCUT2D eigenvalue weighted by Crippen LogP contribution is -1.82. The molecule has 4 heteroatoms. The summed E-state index contributed by atoms with van der Waals surface area (Å²) < 4.78 is 5.10. The van der Waals surface area contributed by atoms with Crippen molar-refractivity contribution >= 4 is 5.69 Å². The van der Waals surface area contributed by atoms with E-state index >= 15 is 0 Å². The summed E-state index contributed by atoms with van der Waals surface area (Å²) in [7, 11) is 1.64. The van der Waals surface area contributed by atoms with Crippen LogP contribution in [0.4, 0.5) is 5.69 Å². The fourth-order valence-electron chi connectivity index (χ4n) is 1.58. The topological polar surface area (TPSA) is 58.0 Å². The van der Waals surface area contributed by atoms with Crippen LogP contribution in [-0.4, -0.2) is 7.11 Å². The Bertz CT molecular complexity index is 557. The van der Waals surface area contributed by atoms with E-state index in [4.69, 9.17) is 10.3 Å². The van der Waals surface area contributed by atoms with Gasteiger partial charge in [-0.25, -0.2) is 0 Å². The molecule has 0 fully saturated rings. The molecule has 0 unspecified atom stereocenters. The molecule has 0 aliphatic carbocycles. The summed E-state index contributed by atoms with van der Waals surface area (Å²) in [5, 5.41) is 3.58. The minimum atomic E-state index is 0.612. The van der Waals surface area contributed by atoms with E-state index in [1.165, 1.54) is 0 Å². The summed E-state index contributed by atoms with van der Waals surface area (Å²) >= 11 is 0. The second-order valence-electron chi connectivity index (χ2n) is 3.47. The number of hydrogen-bond acceptors (Lipinski definition) is 2. The van der Waals surface area contributed by atoms with Crippen LogP contribution in [0.5, 0.6) is 5.75 Å². The molecule has 0 bridgehead atoms. The predicted molar refractivity (Wildman–Crippen MR) is 67.2 cm³/mol. The average Bonchev–Trinajstić information content (AvgIpc) is 2.40. The molecule has 2 aromatic rings. The highest BCUT2D eigenvalue weighted by molar-refractivity contribution is 5.67. The SMILES string of the molecule is COc1ccc(-c2cccc(N=[N+]=[N-])c2)cc1. The molecule has 0 N–H and O–H groups in total. The Hall–Kier alpha value is -2.45. The monoisotopic (exact) mass is 225 g/mol. The number of methoxy groups -OCH3 is 1. The third-order valence-corrected chi connectivity index (χ3v) is 2.43. The van der Waals surface area contributed by atoms with Crippen molar-refractivity contribution in [3.05, 3.63) is 59.0 Å². The van der Waals surface area contributed by atoms with Crippen LogP contribution in [0, 0.1) is 0 Å². The number of nitrogens with zero attached hydrogens (tertiary/aromatic N) is 3. The van der Waals surface area contributed by atoms with Gasteiger partial charge in [0.15, 0.2) is 0 Å². The minimum absolute atomic E-state index is 0.612. The smallest absolute Gasteiger partial charge is 0.118 e. The molecular formula is C13H11N3O. The Morgan fingerprint density at radius 2 is 1.82 bits per heavy atom. The molecule has 0 spiro atoms. The first-order chi connectivity index (χ1) is 8.33. The molecule has 0 aromatic heterocycles. The lowest BCUT2D eigenvalue weighted by atomic mass is 10.1. The van der Waals surface area contributed by atoms with E-state index < -0.39 is 0 Å². The Morgan fingerprint density at radius 3 is 2.47 bits per heavy atom. The van der Waals surface area contributed by atoms with Gasteiger partial charge in [-0.2, -0.15) is 0 Å². The van der Waals surface area contributed by atoms with Crippen molar-refractivity contribution in [2.75, 3.05) is 7.11 Å². The summed E-state index contributed by atoms with van der Waals surface area (Å²) in [5.41, 5.74) is 11.1. The fourth-order valence-corrected chi connectivity index (χ4v) is 1.58. The van der Waals surface area contributed by atoms with Crippen molar-refractivity contribution in [2.45, 2.75) is 0 Å². The lowest BCUT2D eigenvalue weighted by molar-refractivity contribution is 0.415. The fraction of sp³-hybridized carbons (Fsp3) is 0.0769. The molecule has 0 radical (unpaired) electrons. The molecule has 0 saturated heterocycles. The van der Waals surface area contributed by atoms with Crippen LogP contribution in [0.3, 0.4) is 0 Å². The zero-order valence-corrected chi connectivity index (χ0v) is 9.37. The van der Waals surface area contributed by atoms with Crippen molar-refractivity contribution in [1.82, 2.24) is 0 Å². The standard InChI is InChI=1S/C13H11N3O/c1-17-13-7-5-10(6-8-13)11-3-2-4-12(9-11)15-16-14/h2-9H,1H3. The van der Waals surface area contributed by atoms with Crippen LogP contribution < -0.4 is 4.74 Å². The van der Waals surface area contributed by atoms with Gasteiger partial charge in [-0.3, -0.25) is 0 Å². The van der Waals surface area contributed by atoms with Crippen LogP contribution >= 0.6 is 0 Å². The molecule has 2 rings (SSSR count). The largest absolute Gasteiger partial charge is 0.497 e. The molecule has 0 heterocycles.